The van der Waals surface area contributed by atoms with Gasteiger partial charge in [-0.1, -0.05) is 18.6 Å². The molecule has 3 rings (SSSR count). The number of Topliss-reactive ketones (excluding diaryl/α,β-unsaturated/α-hetero) is 1. The first-order valence-electron chi connectivity index (χ1n) is 6.78. The number of fused-ring (bicyclic) bond motifs is 5. The summed E-state index contributed by atoms with van der Waals surface area (Å²) in [7, 11) is 0. The van der Waals surface area contributed by atoms with Crippen LogP contribution in [-0.2, 0) is 4.79 Å². The van der Waals surface area contributed by atoms with Gasteiger partial charge in [-0.05, 0) is 62.7 Å². The fourth-order valence-electron chi connectivity index (χ4n) is 5.14. The Bertz CT molecular complexity index is 354. The molecule has 0 aliphatic heterocycles. The number of ketones is 1. The van der Waals surface area contributed by atoms with Crippen molar-refractivity contribution in [2.45, 2.75) is 40.0 Å². The predicted octanol–water partition coefficient (Wildman–Crippen LogP) is 3.45. The van der Waals surface area contributed by atoms with Crippen LogP contribution in [0.2, 0.25) is 0 Å². The summed E-state index contributed by atoms with van der Waals surface area (Å²) in [6.45, 7) is 6.26. The molecule has 0 N–H and O–H groups in total. The van der Waals surface area contributed by atoms with Gasteiger partial charge in [0.1, 0.15) is 5.78 Å². The number of hydrogen-bond donors (Lipinski definition) is 0. The summed E-state index contributed by atoms with van der Waals surface area (Å²) in [4.78, 5) is 11.8. The molecule has 88 valence electrons. The van der Waals surface area contributed by atoms with Crippen LogP contribution in [0.1, 0.15) is 40.0 Å². The van der Waals surface area contributed by atoms with Gasteiger partial charge in [-0.3, -0.25) is 4.79 Å². The molecule has 0 radical (unpaired) electrons. The molecule has 0 amide bonds. The van der Waals surface area contributed by atoms with E-state index < -0.39 is 0 Å². The van der Waals surface area contributed by atoms with Crippen molar-refractivity contribution in [2.75, 3.05) is 0 Å². The Morgan fingerprint density at radius 1 is 1.31 bits per heavy atom. The molecule has 0 aromatic rings. The van der Waals surface area contributed by atoms with Crippen molar-refractivity contribution < 1.29 is 4.79 Å². The third kappa shape index (κ3) is 1.26. The van der Waals surface area contributed by atoms with E-state index >= 15 is 0 Å². The maximum Gasteiger partial charge on any atom is 0.137 e. The highest BCUT2D eigenvalue weighted by atomic mass is 16.1. The average Bonchev–Trinajstić information content (AvgIpc) is 2.76. The van der Waals surface area contributed by atoms with Gasteiger partial charge in [-0.2, -0.15) is 0 Å². The minimum absolute atomic E-state index is 0.223. The second-order valence-corrected chi connectivity index (χ2v) is 6.35. The number of rotatable bonds is 1. The lowest BCUT2D eigenvalue weighted by Gasteiger charge is -2.41. The first-order valence-corrected chi connectivity index (χ1v) is 6.78. The lowest BCUT2D eigenvalue weighted by atomic mass is 9.62. The third-order valence-corrected chi connectivity index (χ3v) is 5.56. The summed E-state index contributed by atoms with van der Waals surface area (Å²) in [5.41, 5.74) is 1.36. The highest BCUT2D eigenvalue weighted by Gasteiger charge is 2.52. The van der Waals surface area contributed by atoms with Gasteiger partial charge in [-0.15, -0.1) is 0 Å². The lowest BCUT2D eigenvalue weighted by Crippen LogP contribution is -2.38. The van der Waals surface area contributed by atoms with Crippen molar-refractivity contribution >= 4 is 5.78 Å². The Hall–Kier alpha value is -0.590. The van der Waals surface area contributed by atoms with Crippen molar-refractivity contribution in [1.29, 1.82) is 0 Å². The topological polar surface area (TPSA) is 17.1 Å². The maximum atomic E-state index is 11.8. The normalized spacial score (nSPS) is 50.1. The van der Waals surface area contributed by atoms with Crippen LogP contribution in [0, 0.1) is 35.5 Å². The number of carbonyl (C=O) groups is 1. The molecule has 0 saturated heterocycles. The Morgan fingerprint density at radius 2 is 2.00 bits per heavy atom. The molecule has 2 saturated carbocycles. The monoisotopic (exact) mass is 218 g/mol. The molecule has 2 fully saturated rings. The van der Waals surface area contributed by atoms with Crippen LogP contribution >= 0.6 is 0 Å². The Kier molecular flexibility index (Phi) is 2.28. The highest BCUT2D eigenvalue weighted by molar-refractivity contribution is 5.81. The molecule has 1 heteroatoms. The Morgan fingerprint density at radius 3 is 2.69 bits per heavy atom. The molecule has 6 unspecified atom stereocenters. The summed E-state index contributed by atoms with van der Waals surface area (Å²) in [5, 5.41) is 0. The number of allylic oxidation sites excluding steroid dienone is 2. The van der Waals surface area contributed by atoms with E-state index in [1.54, 1.807) is 6.92 Å². The van der Waals surface area contributed by atoms with Crippen LogP contribution < -0.4 is 0 Å². The predicted molar refractivity (Wildman–Crippen MR) is 64.9 cm³/mol. The number of carbonyl (C=O) groups excluding carboxylic acids is 1. The molecule has 0 spiro atoms. The van der Waals surface area contributed by atoms with E-state index in [1.165, 1.54) is 24.8 Å². The van der Waals surface area contributed by atoms with Crippen LogP contribution in [0.5, 0.6) is 0 Å². The fraction of sp³-hybridized carbons (Fsp3) is 0.800. The minimum atomic E-state index is 0.223. The van der Waals surface area contributed by atoms with Crippen LogP contribution in [0.25, 0.3) is 0 Å². The number of hydrogen-bond acceptors (Lipinski definition) is 1. The van der Waals surface area contributed by atoms with Crippen LogP contribution in [0.15, 0.2) is 11.6 Å². The molecule has 0 heterocycles. The largest absolute Gasteiger partial charge is 0.299 e. The quantitative estimate of drug-likeness (QED) is 0.616. The van der Waals surface area contributed by atoms with E-state index in [0.29, 0.717) is 11.7 Å². The van der Waals surface area contributed by atoms with Crippen molar-refractivity contribution in [3.63, 3.8) is 0 Å². The third-order valence-electron chi connectivity index (χ3n) is 5.56. The van der Waals surface area contributed by atoms with Gasteiger partial charge in [0.15, 0.2) is 0 Å². The van der Waals surface area contributed by atoms with Gasteiger partial charge in [0, 0.05) is 5.92 Å². The first kappa shape index (κ1) is 10.6. The minimum Gasteiger partial charge on any atom is -0.299 e. The summed E-state index contributed by atoms with van der Waals surface area (Å²) >= 11 is 0. The molecule has 16 heavy (non-hydrogen) atoms. The fourth-order valence-corrected chi connectivity index (χ4v) is 5.14. The zero-order valence-corrected chi connectivity index (χ0v) is 10.6. The van der Waals surface area contributed by atoms with E-state index in [4.69, 9.17) is 0 Å². The van der Waals surface area contributed by atoms with Crippen LogP contribution in [-0.4, -0.2) is 5.78 Å². The van der Waals surface area contributed by atoms with E-state index in [1.807, 2.05) is 0 Å². The Balaban J connectivity index is 1.97. The summed E-state index contributed by atoms with van der Waals surface area (Å²) in [6.07, 6.45) is 6.76. The lowest BCUT2D eigenvalue weighted by molar-refractivity contribution is -0.122. The van der Waals surface area contributed by atoms with E-state index in [-0.39, 0.29) is 5.92 Å². The van der Waals surface area contributed by atoms with Crippen molar-refractivity contribution in [1.82, 2.24) is 0 Å². The van der Waals surface area contributed by atoms with Gasteiger partial charge in [0.05, 0.1) is 0 Å². The zero-order valence-electron chi connectivity index (χ0n) is 10.6. The molecular formula is C15H22O. The second-order valence-electron chi connectivity index (χ2n) is 6.35. The smallest absolute Gasteiger partial charge is 0.137 e. The molecule has 0 aromatic carbocycles. The van der Waals surface area contributed by atoms with Crippen molar-refractivity contribution in [2.24, 2.45) is 35.5 Å². The van der Waals surface area contributed by atoms with Crippen molar-refractivity contribution in [3.05, 3.63) is 11.6 Å². The van der Waals surface area contributed by atoms with E-state index in [9.17, 15) is 4.79 Å². The molecular weight excluding hydrogens is 196 g/mol. The molecule has 3 aliphatic carbocycles. The van der Waals surface area contributed by atoms with Crippen LogP contribution in [0.4, 0.5) is 0 Å². The maximum absolute atomic E-state index is 11.8. The summed E-state index contributed by atoms with van der Waals surface area (Å²) < 4.78 is 0. The van der Waals surface area contributed by atoms with Crippen LogP contribution in [0.3, 0.4) is 0 Å². The van der Waals surface area contributed by atoms with Gasteiger partial charge >= 0.3 is 0 Å². The summed E-state index contributed by atoms with van der Waals surface area (Å²) in [6, 6.07) is 0. The Labute approximate surface area is 98.3 Å². The van der Waals surface area contributed by atoms with Crippen molar-refractivity contribution in [3.8, 4) is 0 Å². The molecule has 0 aromatic heterocycles. The zero-order chi connectivity index (χ0) is 11.4. The van der Waals surface area contributed by atoms with E-state index in [0.717, 1.165) is 23.7 Å². The van der Waals surface area contributed by atoms with E-state index in [2.05, 4.69) is 19.9 Å². The molecule has 2 bridgehead atoms. The van der Waals surface area contributed by atoms with Gasteiger partial charge < -0.3 is 0 Å². The summed E-state index contributed by atoms with van der Waals surface area (Å²) in [5.74, 6) is 4.68. The molecule has 6 atom stereocenters. The molecule has 1 nitrogen and oxygen atoms in total. The van der Waals surface area contributed by atoms with Gasteiger partial charge in [0.25, 0.3) is 0 Å². The standard InChI is InChI=1S/C15H22O/c1-8-6-13-11-4-5-12(7-11)15(13)9(2)14(8)10(3)16/h6,9,11-15H,4-5,7H2,1-3H3. The second kappa shape index (κ2) is 3.45. The first-order chi connectivity index (χ1) is 7.59. The highest BCUT2D eigenvalue weighted by Crippen LogP contribution is 2.59. The molecule has 3 aliphatic rings. The van der Waals surface area contributed by atoms with Gasteiger partial charge in [0.2, 0.25) is 0 Å². The van der Waals surface area contributed by atoms with Gasteiger partial charge in [-0.25, -0.2) is 0 Å². The average molecular weight is 218 g/mol. The SMILES string of the molecule is CC(=O)C1C(C)=CC2C3CCC(C3)C2C1C.